The number of aliphatic hydroxyl groups excluding tert-OH is 3. The topological polar surface area (TPSA) is 98.0 Å². The van der Waals surface area contributed by atoms with Crippen LogP contribution in [0.3, 0.4) is 0 Å². The van der Waals surface area contributed by atoms with Crippen LogP contribution in [0.25, 0.3) is 0 Å². The summed E-state index contributed by atoms with van der Waals surface area (Å²) in [5, 5.41) is 46.3. The third-order valence-corrected chi connectivity index (χ3v) is 16.0. The number of carbonyl (C=O) groups is 1. The molecular weight excluding hydrogens is 608 g/mol. The minimum Gasteiger partial charge on any atom is -0.393 e. The Hall–Kier alpha value is -1.79. The van der Waals surface area contributed by atoms with Gasteiger partial charge in [-0.1, -0.05) is 88.9 Å². The predicted molar refractivity (Wildman–Crippen MR) is 195 cm³/mol. The zero-order chi connectivity index (χ0) is 35.0. The van der Waals surface area contributed by atoms with Crippen LogP contribution in [0, 0.1) is 45.3 Å². The van der Waals surface area contributed by atoms with Crippen LogP contribution in [0.5, 0.6) is 0 Å². The summed E-state index contributed by atoms with van der Waals surface area (Å²) in [6.45, 7) is 11.4. The molecule has 0 radical (unpaired) electrons. The zero-order valence-corrected chi connectivity index (χ0v) is 31.0. The Balaban J connectivity index is 1.17. The number of allylic oxidation sites excluding steroid dienone is 2. The van der Waals surface area contributed by atoms with Gasteiger partial charge in [0.05, 0.1) is 23.9 Å². The largest absolute Gasteiger partial charge is 0.393 e. The highest BCUT2D eigenvalue weighted by Crippen LogP contribution is 2.68. The normalized spacial score (nSPS) is 41.0. The zero-order valence-electron chi connectivity index (χ0n) is 31.0. The number of hydrogen-bond acceptors (Lipinski definition) is 5. The van der Waals surface area contributed by atoms with Gasteiger partial charge in [0, 0.05) is 11.3 Å². The fourth-order valence-corrected chi connectivity index (χ4v) is 13.1. The van der Waals surface area contributed by atoms with E-state index in [1.165, 1.54) is 56.1 Å². The Labute approximate surface area is 295 Å². The minimum absolute atomic E-state index is 0.00154. The molecule has 10 atom stereocenters. The summed E-state index contributed by atoms with van der Waals surface area (Å²) in [5.74, 6) is -0.182. The van der Waals surface area contributed by atoms with Gasteiger partial charge >= 0.3 is 0 Å². The maximum atomic E-state index is 13.7. The van der Waals surface area contributed by atoms with Gasteiger partial charge in [0.1, 0.15) is 0 Å². The maximum Gasteiger partial charge on any atom is 0.159 e. The van der Waals surface area contributed by atoms with Gasteiger partial charge in [0.25, 0.3) is 0 Å². The van der Waals surface area contributed by atoms with Gasteiger partial charge in [-0.15, -0.1) is 0 Å². The predicted octanol–water partition coefficient (Wildman–Crippen LogP) is 8.28. The fraction of sp³-hybridized carbons (Fsp3) is 0.750. The quantitative estimate of drug-likeness (QED) is 0.219. The summed E-state index contributed by atoms with van der Waals surface area (Å²) in [5.41, 5.74) is 3.66. The Kier molecular flexibility index (Phi) is 9.23. The van der Waals surface area contributed by atoms with E-state index >= 15 is 0 Å². The van der Waals surface area contributed by atoms with Gasteiger partial charge < -0.3 is 20.4 Å². The van der Waals surface area contributed by atoms with Crippen LogP contribution in [-0.4, -0.2) is 50.1 Å². The molecule has 270 valence electrons. The molecule has 1 aromatic rings. The van der Waals surface area contributed by atoms with Crippen LogP contribution in [0.15, 0.2) is 53.1 Å². The van der Waals surface area contributed by atoms with Crippen LogP contribution >= 0.6 is 0 Å². The van der Waals surface area contributed by atoms with Gasteiger partial charge in [-0.05, 0) is 141 Å². The smallest absolute Gasteiger partial charge is 0.159 e. The van der Waals surface area contributed by atoms with Gasteiger partial charge in [-0.2, -0.15) is 0 Å². The van der Waals surface area contributed by atoms with Crippen molar-refractivity contribution in [1.82, 2.24) is 0 Å². The monoisotopic (exact) mass is 672 g/mol. The number of hydrogen-bond donors (Lipinski definition) is 4. The summed E-state index contributed by atoms with van der Waals surface area (Å²) >= 11 is 0. The lowest BCUT2D eigenvalue weighted by Crippen LogP contribution is -2.61. The van der Waals surface area contributed by atoms with Crippen molar-refractivity contribution in [2.75, 3.05) is 0 Å². The molecule has 0 aromatic heterocycles. The van der Waals surface area contributed by atoms with Gasteiger partial charge in [-0.3, -0.25) is 4.79 Å². The first-order chi connectivity index (χ1) is 23.1. The van der Waals surface area contributed by atoms with Crippen molar-refractivity contribution in [1.29, 1.82) is 0 Å². The Morgan fingerprint density at radius 1 is 0.939 bits per heavy atom. The summed E-state index contributed by atoms with van der Waals surface area (Å²) in [6, 6.07) is 10.8. The van der Waals surface area contributed by atoms with Crippen molar-refractivity contribution >= 4 is 5.78 Å². The van der Waals surface area contributed by atoms with Crippen molar-refractivity contribution in [3.05, 3.63) is 58.7 Å². The van der Waals surface area contributed by atoms with E-state index in [2.05, 4.69) is 65.0 Å². The highest BCUT2D eigenvalue weighted by Gasteiger charge is 2.67. The van der Waals surface area contributed by atoms with Crippen molar-refractivity contribution in [3.8, 4) is 0 Å². The third-order valence-electron chi connectivity index (χ3n) is 16.0. The Morgan fingerprint density at radius 3 is 2.35 bits per heavy atom. The van der Waals surface area contributed by atoms with E-state index in [-0.39, 0.29) is 41.3 Å². The average molecular weight is 673 g/mol. The number of fused-ring (bicyclic) bond motifs is 5. The SMILES string of the molecule is CC(C(O)CC(=C1CCCC2(CCCC2)C1)C(C)(C)Cc1ccccc1)C1CCC2(O)C3=CC(=O)C4CC(O)C(O)CC4(C)C3CCC12C. The standard InChI is InChI=1S/C44H64O5/c1-28(31-16-21-44(49)34-23-37(46)35-24-38(47)39(48)27-41(35,4)32(34)15-20-42(31,44)5)36(45)22-33(40(2,3)25-29-12-7-6-8-13-29)30-14-11-19-43(26-30)17-9-10-18-43/h6-8,12-13,23,28,31-32,35-36,38-39,45,47-49H,9-11,14-22,24-27H2,1-5H3. The van der Waals surface area contributed by atoms with E-state index in [0.29, 0.717) is 24.7 Å². The summed E-state index contributed by atoms with van der Waals surface area (Å²) in [6.07, 6.45) is 15.3. The molecule has 0 aliphatic heterocycles. The number of benzene rings is 1. The van der Waals surface area contributed by atoms with Gasteiger partial charge in [-0.25, -0.2) is 0 Å². The van der Waals surface area contributed by atoms with Crippen molar-refractivity contribution in [2.24, 2.45) is 45.3 Å². The molecule has 5 saturated carbocycles. The van der Waals surface area contributed by atoms with E-state index in [4.69, 9.17) is 0 Å². The first kappa shape index (κ1) is 35.6. The molecule has 6 aliphatic carbocycles. The van der Waals surface area contributed by atoms with Crippen LogP contribution in [0.1, 0.15) is 136 Å². The summed E-state index contributed by atoms with van der Waals surface area (Å²) in [4.78, 5) is 13.7. The lowest BCUT2D eigenvalue weighted by atomic mass is 9.46. The van der Waals surface area contributed by atoms with Crippen molar-refractivity contribution in [2.45, 2.75) is 161 Å². The highest BCUT2D eigenvalue weighted by atomic mass is 16.3. The number of carbonyl (C=O) groups excluding carboxylic acids is 1. The molecule has 0 saturated heterocycles. The molecule has 1 aromatic carbocycles. The number of ketones is 1. The van der Waals surface area contributed by atoms with Gasteiger partial charge in [0.2, 0.25) is 0 Å². The highest BCUT2D eigenvalue weighted by molar-refractivity contribution is 5.95. The molecule has 5 heteroatoms. The van der Waals surface area contributed by atoms with Crippen LogP contribution in [0.4, 0.5) is 0 Å². The third kappa shape index (κ3) is 5.85. The summed E-state index contributed by atoms with van der Waals surface area (Å²) < 4.78 is 0. The second-order valence-electron chi connectivity index (χ2n) is 19.1. The molecule has 10 unspecified atom stereocenters. The molecule has 0 amide bonds. The molecular formula is C44H64O5. The molecule has 0 bridgehead atoms. The van der Waals surface area contributed by atoms with Crippen LogP contribution < -0.4 is 0 Å². The average Bonchev–Trinajstić information content (AvgIpc) is 3.62. The number of rotatable bonds is 7. The van der Waals surface area contributed by atoms with E-state index in [0.717, 1.165) is 37.7 Å². The van der Waals surface area contributed by atoms with Crippen molar-refractivity contribution in [3.63, 3.8) is 0 Å². The molecule has 49 heavy (non-hydrogen) atoms. The molecule has 5 fully saturated rings. The lowest BCUT2D eigenvalue weighted by molar-refractivity contribution is -0.154. The van der Waals surface area contributed by atoms with Gasteiger partial charge in [0.15, 0.2) is 5.78 Å². The molecule has 7 rings (SSSR count). The van der Waals surface area contributed by atoms with Crippen molar-refractivity contribution < 1.29 is 25.2 Å². The first-order valence-corrected chi connectivity index (χ1v) is 19.9. The van der Waals surface area contributed by atoms with E-state index in [1.54, 1.807) is 11.6 Å². The van der Waals surface area contributed by atoms with E-state index in [1.807, 2.05) is 0 Å². The second kappa shape index (κ2) is 12.7. The first-order valence-electron chi connectivity index (χ1n) is 19.9. The lowest BCUT2D eigenvalue weighted by Gasteiger charge is -2.60. The molecule has 4 N–H and O–H groups in total. The fourth-order valence-electron chi connectivity index (χ4n) is 13.1. The van der Waals surface area contributed by atoms with E-state index < -0.39 is 34.7 Å². The summed E-state index contributed by atoms with van der Waals surface area (Å²) in [7, 11) is 0. The van der Waals surface area contributed by atoms with E-state index in [9.17, 15) is 25.2 Å². The van der Waals surface area contributed by atoms with Crippen LogP contribution in [-0.2, 0) is 11.2 Å². The Morgan fingerprint density at radius 2 is 1.63 bits per heavy atom. The minimum atomic E-state index is -1.11. The molecule has 5 nitrogen and oxygen atoms in total. The molecule has 6 aliphatic rings. The Bertz CT molecular complexity index is 1470. The number of aliphatic hydroxyl groups is 4. The molecule has 1 spiro atoms. The maximum absolute atomic E-state index is 13.7. The molecule has 0 heterocycles. The second-order valence-corrected chi connectivity index (χ2v) is 19.1. The van der Waals surface area contributed by atoms with Crippen LogP contribution in [0.2, 0.25) is 0 Å².